The Balaban J connectivity index is 1.93. The Morgan fingerprint density at radius 1 is 1.18 bits per heavy atom. The first-order valence-electron chi connectivity index (χ1n) is 8.66. The zero-order valence-corrected chi connectivity index (χ0v) is 15.9. The van der Waals surface area contributed by atoms with Crippen molar-refractivity contribution in [3.05, 3.63) is 29.6 Å². The summed E-state index contributed by atoms with van der Waals surface area (Å²) < 4.78 is 61.3. The van der Waals surface area contributed by atoms with Gasteiger partial charge in [-0.3, -0.25) is 9.11 Å². The van der Waals surface area contributed by atoms with E-state index in [4.69, 9.17) is 0 Å². The van der Waals surface area contributed by atoms with Gasteiger partial charge in [0.1, 0.15) is 11.2 Å². The highest BCUT2D eigenvalue weighted by molar-refractivity contribution is 8.24. The molecule has 0 aromatic carbocycles. The fraction of sp³-hybridized carbons (Fsp3) is 0.412. The van der Waals surface area contributed by atoms with Crippen molar-refractivity contribution in [2.75, 3.05) is 5.75 Å². The molecule has 1 saturated carbocycles. The Hall–Kier alpha value is -2.24. The van der Waals surface area contributed by atoms with Gasteiger partial charge in [-0.25, -0.2) is 9.97 Å². The van der Waals surface area contributed by atoms with E-state index in [1.165, 1.54) is 4.57 Å². The molecular formula is C17H18F3N5O2S. The highest BCUT2D eigenvalue weighted by Gasteiger charge is 2.34. The van der Waals surface area contributed by atoms with Crippen molar-refractivity contribution in [3.63, 3.8) is 0 Å². The van der Waals surface area contributed by atoms with Gasteiger partial charge in [0.05, 0.1) is 4.90 Å². The maximum atomic E-state index is 12.9. The lowest BCUT2D eigenvalue weighted by atomic mass is 10.2. The summed E-state index contributed by atoms with van der Waals surface area (Å²) in [6.07, 6.45) is -2.64. The average Bonchev–Trinajstić information content (AvgIpc) is 3.44. The summed E-state index contributed by atoms with van der Waals surface area (Å²) in [5.74, 6) is 0.615. The Morgan fingerprint density at radius 2 is 1.89 bits per heavy atom. The number of hydrogen-bond donors (Lipinski definition) is 2. The van der Waals surface area contributed by atoms with Crippen LogP contribution in [0.1, 0.15) is 37.1 Å². The fourth-order valence-corrected chi connectivity index (χ4v) is 4.03. The molecule has 0 atom stereocenters. The molecule has 0 bridgehead atoms. The second-order valence-corrected chi connectivity index (χ2v) is 9.09. The van der Waals surface area contributed by atoms with Crippen molar-refractivity contribution >= 4 is 21.8 Å². The molecule has 0 amide bonds. The van der Waals surface area contributed by atoms with Crippen LogP contribution in [0.2, 0.25) is 0 Å². The average molecular weight is 413 g/mol. The Morgan fingerprint density at radius 3 is 2.50 bits per heavy atom. The van der Waals surface area contributed by atoms with Gasteiger partial charge in [-0.05, 0) is 31.9 Å². The van der Waals surface area contributed by atoms with Gasteiger partial charge >= 0.3 is 6.18 Å². The van der Waals surface area contributed by atoms with E-state index < -0.39 is 22.5 Å². The van der Waals surface area contributed by atoms with Gasteiger partial charge < -0.3 is 4.57 Å². The first-order chi connectivity index (χ1) is 13.1. The third-order valence-electron chi connectivity index (χ3n) is 4.75. The molecule has 1 aliphatic carbocycles. The summed E-state index contributed by atoms with van der Waals surface area (Å²) in [5, 5.41) is 6.90. The van der Waals surface area contributed by atoms with Gasteiger partial charge in [-0.2, -0.15) is 23.8 Å². The van der Waals surface area contributed by atoms with E-state index in [1.807, 2.05) is 0 Å². The molecule has 0 unspecified atom stereocenters. The van der Waals surface area contributed by atoms with Crippen LogP contribution in [-0.4, -0.2) is 39.6 Å². The maximum absolute atomic E-state index is 12.9. The smallest absolute Gasteiger partial charge is 0.309 e. The Bertz CT molecular complexity index is 1060. The van der Waals surface area contributed by atoms with Crippen LogP contribution in [0.15, 0.2) is 23.1 Å². The lowest BCUT2D eigenvalue weighted by Crippen LogP contribution is -2.09. The van der Waals surface area contributed by atoms with Crippen molar-refractivity contribution in [1.82, 2.24) is 24.7 Å². The van der Waals surface area contributed by atoms with E-state index in [0.29, 0.717) is 5.92 Å². The predicted molar refractivity (Wildman–Crippen MR) is 98.2 cm³/mol. The van der Waals surface area contributed by atoms with Crippen LogP contribution in [0.4, 0.5) is 13.2 Å². The van der Waals surface area contributed by atoms with E-state index in [9.17, 15) is 22.3 Å². The Kier molecular flexibility index (Phi) is 4.36. The van der Waals surface area contributed by atoms with Crippen molar-refractivity contribution in [3.8, 4) is 11.5 Å². The number of imidazole rings is 1. The van der Waals surface area contributed by atoms with E-state index in [0.717, 1.165) is 24.6 Å². The zero-order valence-electron chi connectivity index (χ0n) is 15.1. The van der Waals surface area contributed by atoms with Crippen molar-refractivity contribution in [2.24, 2.45) is 7.05 Å². The van der Waals surface area contributed by atoms with Crippen molar-refractivity contribution < 1.29 is 22.3 Å². The van der Waals surface area contributed by atoms with Crippen molar-refractivity contribution in [1.29, 1.82) is 0 Å². The third-order valence-corrected chi connectivity index (χ3v) is 6.59. The molecule has 0 radical (unpaired) electrons. The van der Waals surface area contributed by atoms with Gasteiger partial charge in [0.15, 0.2) is 17.2 Å². The first-order valence-corrected chi connectivity index (χ1v) is 10.4. The first kappa shape index (κ1) is 19.1. The van der Waals surface area contributed by atoms with Crippen LogP contribution in [0.3, 0.4) is 0 Å². The molecular weight excluding hydrogens is 395 g/mol. The molecule has 2 N–H and O–H groups in total. The molecule has 1 fully saturated rings. The third kappa shape index (κ3) is 3.23. The highest BCUT2D eigenvalue weighted by Crippen LogP contribution is 2.52. The molecule has 0 aliphatic heterocycles. The topological polar surface area (TPSA) is 97.0 Å². The highest BCUT2D eigenvalue weighted by atomic mass is 32.3. The van der Waals surface area contributed by atoms with Crippen LogP contribution >= 0.6 is 10.6 Å². The van der Waals surface area contributed by atoms with E-state index >= 15 is 0 Å². The lowest BCUT2D eigenvalue weighted by Gasteiger charge is -2.32. The summed E-state index contributed by atoms with van der Waals surface area (Å²) in [4.78, 5) is 9.09. The number of halogens is 3. The van der Waals surface area contributed by atoms with Crippen LogP contribution in [0, 0.1) is 0 Å². The summed E-state index contributed by atoms with van der Waals surface area (Å²) in [7, 11) is -1.53. The van der Waals surface area contributed by atoms with Crippen LogP contribution in [0.25, 0.3) is 22.7 Å². The normalized spacial score (nSPS) is 16.0. The summed E-state index contributed by atoms with van der Waals surface area (Å²) in [6, 6.07) is 4.22. The van der Waals surface area contributed by atoms with Gasteiger partial charge in [0.25, 0.3) is 0 Å². The molecule has 4 rings (SSSR count). The number of alkyl halides is 3. The van der Waals surface area contributed by atoms with Gasteiger partial charge in [-0.1, -0.05) is 0 Å². The summed E-state index contributed by atoms with van der Waals surface area (Å²) in [6.45, 7) is 1.64. The van der Waals surface area contributed by atoms with Crippen LogP contribution < -0.4 is 0 Å². The van der Waals surface area contributed by atoms with Gasteiger partial charge in [0, 0.05) is 30.5 Å². The number of fused-ring (bicyclic) bond motifs is 1. The number of aryl methyl sites for hydroxylation is 1. The van der Waals surface area contributed by atoms with E-state index in [2.05, 4.69) is 20.2 Å². The molecule has 11 heteroatoms. The predicted octanol–water partition coefficient (Wildman–Crippen LogP) is 4.45. The molecule has 3 aromatic rings. The number of pyridine rings is 1. The molecule has 7 nitrogen and oxygen atoms in total. The zero-order chi connectivity index (χ0) is 20.3. The molecule has 0 spiro atoms. The minimum atomic E-state index is -4.63. The molecule has 1 aliphatic rings. The van der Waals surface area contributed by atoms with Crippen LogP contribution in [-0.2, 0) is 13.2 Å². The second-order valence-electron chi connectivity index (χ2n) is 6.74. The molecule has 3 heterocycles. The van der Waals surface area contributed by atoms with Crippen LogP contribution in [0.5, 0.6) is 0 Å². The van der Waals surface area contributed by atoms with Gasteiger partial charge in [-0.15, -0.1) is 10.2 Å². The molecule has 150 valence electrons. The number of hydrogen-bond acceptors (Lipinski definition) is 6. The molecule has 3 aromatic heterocycles. The largest absolute Gasteiger partial charge is 0.435 e. The minimum Gasteiger partial charge on any atom is -0.309 e. The Labute approximate surface area is 160 Å². The number of nitrogens with zero attached hydrogens (tertiary/aromatic N) is 5. The lowest BCUT2D eigenvalue weighted by molar-refractivity contribution is -0.141. The monoisotopic (exact) mass is 413 g/mol. The SMILES string of the molecule is CCS(O)(O)c1ccc(C2CC2)nc1-c1nc2cc(C(F)(F)F)nnc2n1C. The van der Waals surface area contributed by atoms with E-state index in [1.54, 1.807) is 26.1 Å². The standard InChI is InChI=1S/C17H18F3N5O2S/c1-3-28(26,27)12-7-6-10(9-4-5-9)21-14(12)16-22-11-8-13(17(18,19)20)23-24-15(11)25(16)2/h6-9,26-27H,3-5H2,1-2H3. The summed E-state index contributed by atoms with van der Waals surface area (Å²) in [5.41, 5.74) is 0.0832. The molecule has 28 heavy (non-hydrogen) atoms. The van der Waals surface area contributed by atoms with Crippen molar-refractivity contribution in [2.45, 2.75) is 36.8 Å². The fourth-order valence-electron chi connectivity index (χ4n) is 2.98. The maximum Gasteiger partial charge on any atom is 0.435 e. The quantitative estimate of drug-likeness (QED) is 0.656. The number of rotatable bonds is 4. The number of aromatic nitrogens is 5. The summed E-state index contributed by atoms with van der Waals surface area (Å²) >= 11 is 0. The second kappa shape index (κ2) is 6.39. The molecule has 0 saturated heterocycles. The van der Waals surface area contributed by atoms with E-state index in [-0.39, 0.29) is 33.3 Å². The minimum absolute atomic E-state index is 0.0115. The van der Waals surface area contributed by atoms with Gasteiger partial charge in [0.2, 0.25) is 0 Å².